The smallest absolute Gasteiger partial charge is 0.140 e. The predicted octanol–water partition coefficient (Wildman–Crippen LogP) is 2.57. The molecule has 4 nitrogen and oxygen atoms in total. The number of fused-ring (bicyclic) bond motifs is 1. The quantitative estimate of drug-likeness (QED) is 0.899. The normalized spacial score (nSPS) is 12.2. The van der Waals surface area contributed by atoms with Gasteiger partial charge in [-0.3, -0.25) is 0 Å². The number of ether oxygens (including phenoxy) is 1. The lowest BCUT2D eigenvalue weighted by Gasteiger charge is -2.19. The first-order valence-corrected chi connectivity index (χ1v) is 6.72. The van der Waals surface area contributed by atoms with E-state index in [4.69, 9.17) is 4.74 Å². The first-order chi connectivity index (χ1) is 9.01. The van der Waals surface area contributed by atoms with Crippen LogP contribution in [0.3, 0.4) is 0 Å². The van der Waals surface area contributed by atoms with E-state index >= 15 is 0 Å². The maximum atomic E-state index is 5.79. The number of nitrogens with one attached hydrogen (secondary N) is 1. The minimum absolute atomic E-state index is 0.0931. The van der Waals surface area contributed by atoms with E-state index in [9.17, 15) is 0 Å². The molecular weight excluding hydrogens is 238 g/mol. The highest BCUT2D eigenvalue weighted by atomic mass is 16.5. The topological polar surface area (TPSA) is 39.1 Å². The van der Waals surface area contributed by atoms with Crippen molar-refractivity contribution in [3.05, 3.63) is 30.1 Å². The molecule has 2 aromatic heterocycles. The van der Waals surface area contributed by atoms with Gasteiger partial charge in [0, 0.05) is 30.9 Å². The number of rotatable bonds is 5. The lowest BCUT2D eigenvalue weighted by atomic mass is 10.2. The van der Waals surface area contributed by atoms with Crippen molar-refractivity contribution in [1.82, 2.24) is 14.9 Å². The molecule has 0 atom stereocenters. The van der Waals surface area contributed by atoms with Crippen LogP contribution in [0, 0.1) is 0 Å². The van der Waals surface area contributed by atoms with Crippen LogP contribution in [-0.4, -0.2) is 28.8 Å². The molecule has 19 heavy (non-hydrogen) atoms. The van der Waals surface area contributed by atoms with Crippen LogP contribution in [0.1, 0.15) is 26.3 Å². The second kappa shape index (κ2) is 5.72. The van der Waals surface area contributed by atoms with Crippen LogP contribution in [0.25, 0.3) is 11.0 Å². The van der Waals surface area contributed by atoms with Crippen LogP contribution in [-0.2, 0) is 17.8 Å². The molecule has 2 aromatic rings. The predicted molar refractivity (Wildman–Crippen MR) is 78.2 cm³/mol. The number of aromatic nitrogens is 2. The third kappa shape index (κ3) is 3.55. The van der Waals surface area contributed by atoms with Crippen molar-refractivity contribution in [2.75, 3.05) is 13.7 Å². The standard InChI is InChI=1S/C15H23N3O/c1-15(2,3)19-9-8-18-11-12(10-16-4)13-6-5-7-17-14(13)18/h5-7,11,16H,8-10H2,1-4H3. The molecule has 0 bridgehead atoms. The van der Waals surface area contributed by atoms with Gasteiger partial charge in [0.05, 0.1) is 12.2 Å². The van der Waals surface area contributed by atoms with Gasteiger partial charge in [-0.15, -0.1) is 0 Å². The molecule has 0 spiro atoms. The van der Waals surface area contributed by atoms with E-state index < -0.39 is 0 Å². The van der Waals surface area contributed by atoms with E-state index in [-0.39, 0.29) is 5.60 Å². The fraction of sp³-hybridized carbons (Fsp3) is 0.533. The Balaban J connectivity index is 2.18. The highest BCUT2D eigenvalue weighted by Crippen LogP contribution is 2.19. The average molecular weight is 261 g/mol. The van der Waals surface area contributed by atoms with Gasteiger partial charge in [0.25, 0.3) is 0 Å². The summed E-state index contributed by atoms with van der Waals surface area (Å²) in [6, 6.07) is 4.10. The molecular formula is C15H23N3O. The first-order valence-electron chi connectivity index (χ1n) is 6.72. The molecule has 0 radical (unpaired) electrons. The SMILES string of the molecule is CNCc1cn(CCOC(C)(C)C)c2ncccc12. The molecule has 0 aliphatic heterocycles. The largest absolute Gasteiger partial charge is 0.374 e. The Morgan fingerprint density at radius 1 is 1.37 bits per heavy atom. The zero-order valence-electron chi connectivity index (χ0n) is 12.2. The summed E-state index contributed by atoms with van der Waals surface area (Å²) in [5, 5.41) is 4.41. The molecule has 0 amide bonds. The van der Waals surface area contributed by atoms with Crippen LogP contribution < -0.4 is 5.32 Å². The molecule has 0 unspecified atom stereocenters. The van der Waals surface area contributed by atoms with Crippen LogP contribution >= 0.6 is 0 Å². The van der Waals surface area contributed by atoms with Gasteiger partial charge in [-0.25, -0.2) is 4.98 Å². The third-order valence-corrected chi connectivity index (χ3v) is 2.95. The Morgan fingerprint density at radius 2 is 2.16 bits per heavy atom. The van der Waals surface area contributed by atoms with Crippen LogP contribution in [0.5, 0.6) is 0 Å². The summed E-state index contributed by atoms with van der Waals surface area (Å²) in [6.45, 7) is 8.61. The van der Waals surface area contributed by atoms with Crippen molar-refractivity contribution in [3.8, 4) is 0 Å². The summed E-state index contributed by atoms with van der Waals surface area (Å²) in [7, 11) is 1.96. The van der Waals surface area contributed by atoms with Crippen LogP contribution in [0.2, 0.25) is 0 Å². The number of hydrogen-bond acceptors (Lipinski definition) is 3. The summed E-state index contributed by atoms with van der Waals surface area (Å²) in [4.78, 5) is 4.48. The van der Waals surface area contributed by atoms with E-state index in [0.29, 0.717) is 6.61 Å². The number of pyridine rings is 1. The molecule has 0 aromatic carbocycles. The van der Waals surface area contributed by atoms with Crippen molar-refractivity contribution < 1.29 is 4.74 Å². The van der Waals surface area contributed by atoms with Crippen molar-refractivity contribution in [1.29, 1.82) is 0 Å². The van der Waals surface area contributed by atoms with Crippen molar-refractivity contribution >= 4 is 11.0 Å². The van der Waals surface area contributed by atoms with Gasteiger partial charge in [-0.1, -0.05) is 0 Å². The van der Waals surface area contributed by atoms with E-state index in [1.807, 2.05) is 19.3 Å². The van der Waals surface area contributed by atoms with E-state index in [1.54, 1.807) is 0 Å². The lowest BCUT2D eigenvalue weighted by molar-refractivity contribution is -0.00649. The first kappa shape index (κ1) is 14.0. The summed E-state index contributed by atoms with van der Waals surface area (Å²) in [5.74, 6) is 0. The molecule has 2 rings (SSSR count). The third-order valence-electron chi connectivity index (χ3n) is 2.95. The average Bonchev–Trinajstić information content (AvgIpc) is 2.68. The zero-order chi connectivity index (χ0) is 13.9. The lowest BCUT2D eigenvalue weighted by Crippen LogP contribution is -2.21. The molecule has 104 valence electrons. The molecule has 2 heterocycles. The molecule has 0 fully saturated rings. The summed E-state index contributed by atoms with van der Waals surface area (Å²) >= 11 is 0. The fourth-order valence-electron chi connectivity index (χ4n) is 2.15. The Hall–Kier alpha value is -1.39. The highest BCUT2D eigenvalue weighted by Gasteiger charge is 2.12. The molecule has 1 N–H and O–H groups in total. The van der Waals surface area contributed by atoms with Gasteiger partial charge in [0.15, 0.2) is 0 Å². The Morgan fingerprint density at radius 3 is 2.84 bits per heavy atom. The summed E-state index contributed by atoms with van der Waals surface area (Å²) in [6.07, 6.45) is 4.01. The second-order valence-corrected chi connectivity index (χ2v) is 5.71. The zero-order valence-corrected chi connectivity index (χ0v) is 12.2. The summed E-state index contributed by atoms with van der Waals surface area (Å²) < 4.78 is 7.96. The maximum absolute atomic E-state index is 5.79. The minimum atomic E-state index is -0.0931. The molecule has 4 heteroatoms. The van der Waals surface area contributed by atoms with Crippen molar-refractivity contribution in [2.24, 2.45) is 0 Å². The Bertz CT molecular complexity index is 540. The van der Waals surface area contributed by atoms with Gasteiger partial charge in [-0.2, -0.15) is 0 Å². The van der Waals surface area contributed by atoms with E-state index in [2.05, 4.69) is 47.9 Å². The van der Waals surface area contributed by atoms with Gasteiger partial charge >= 0.3 is 0 Å². The van der Waals surface area contributed by atoms with Crippen molar-refractivity contribution in [3.63, 3.8) is 0 Å². The Labute approximate surface area is 114 Å². The van der Waals surface area contributed by atoms with Crippen molar-refractivity contribution in [2.45, 2.75) is 39.5 Å². The van der Waals surface area contributed by atoms with Gasteiger partial charge in [0.2, 0.25) is 0 Å². The van der Waals surface area contributed by atoms with Gasteiger partial charge in [0.1, 0.15) is 5.65 Å². The maximum Gasteiger partial charge on any atom is 0.140 e. The monoisotopic (exact) mass is 261 g/mol. The molecule has 0 saturated carbocycles. The van der Waals surface area contributed by atoms with Gasteiger partial charge in [-0.05, 0) is 45.5 Å². The fourth-order valence-corrected chi connectivity index (χ4v) is 2.15. The molecule has 0 aliphatic rings. The number of nitrogens with zero attached hydrogens (tertiary/aromatic N) is 2. The second-order valence-electron chi connectivity index (χ2n) is 5.71. The van der Waals surface area contributed by atoms with E-state index in [0.717, 1.165) is 18.7 Å². The summed E-state index contributed by atoms with van der Waals surface area (Å²) in [5.41, 5.74) is 2.22. The van der Waals surface area contributed by atoms with E-state index in [1.165, 1.54) is 10.9 Å². The minimum Gasteiger partial charge on any atom is -0.374 e. The van der Waals surface area contributed by atoms with Crippen LogP contribution in [0.15, 0.2) is 24.5 Å². The van der Waals surface area contributed by atoms with Gasteiger partial charge < -0.3 is 14.6 Å². The number of hydrogen-bond donors (Lipinski definition) is 1. The molecule has 0 saturated heterocycles. The highest BCUT2D eigenvalue weighted by molar-refractivity contribution is 5.80. The Kier molecular flexibility index (Phi) is 4.22. The molecule has 0 aliphatic carbocycles. The van der Waals surface area contributed by atoms with Crippen LogP contribution in [0.4, 0.5) is 0 Å².